The molecule has 2 aliphatic heterocycles. The molecule has 2 saturated heterocycles. The van der Waals surface area contributed by atoms with Crippen molar-refractivity contribution >= 4 is 28.8 Å². The SMILES string of the molecule is Cc1csc([C@H]2CCCN2C(=O)c2cc(C(=O)N[C@@H](Cc3ccccc3)[C@@H](O)[C@H]3CCCN3)cc([N+](=O)[O-])c2)n1. The van der Waals surface area contributed by atoms with Gasteiger partial charge in [-0.25, -0.2) is 4.98 Å². The fraction of sp³-hybridized carbons (Fsp3) is 0.414. The summed E-state index contributed by atoms with van der Waals surface area (Å²) in [5, 5.41) is 32.0. The van der Waals surface area contributed by atoms with E-state index in [4.69, 9.17) is 0 Å². The van der Waals surface area contributed by atoms with Gasteiger partial charge in [0.25, 0.3) is 17.5 Å². The average molecular weight is 564 g/mol. The summed E-state index contributed by atoms with van der Waals surface area (Å²) < 4.78 is 0. The molecule has 0 unspecified atom stereocenters. The molecular formula is C29H33N5O5S. The number of nitrogens with one attached hydrogen (secondary N) is 2. The second-order valence-corrected chi connectivity index (χ2v) is 11.4. The number of nitrogens with zero attached hydrogens (tertiary/aromatic N) is 3. The van der Waals surface area contributed by atoms with Crippen LogP contribution in [0.15, 0.2) is 53.9 Å². The minimum Gasteiger partial charge on any atom is -0.389 e. The van der Waals surface area contributed by atoms with Gasteiger partial charge in [-0.2, -0.15) is 0 Å². The van der Waals surface area contributed by atoms with Crippen molar-refractivity contribution in [2.24, 2.45) is 0 Å². The Balaban J connectivity index is 1.41. The number of likely N-dealkylation sites (tertiary alicyclic amines) is 1. The van der Waals surface area contributed by atoms with Crippen LogP contribution in [-0.2, 0) is 6.42 Å². The lowest BCUT2D eigenvalue weighted by Gasteiger charge is -2.29. The van der Waals surface area contributed by atoms with E-state index in [9.17, 15) is 24.8 Å². The first-order valence-electron chi connectivity index (χ1n) is 13.6. The summed E-state index contributed by atoms with van der Waals surface area (Å²) in [6, 6.07) is 12.3. The largest absolute Gasteiger partial charge is 0.389 e. The number of carbonyl (C=O) groups is 2. The number of non-ortho nitro benzene ring substituents is 1. The predicted molar refractivity (Wildman–Crippen MR) is 151 cm³/mol. The van der Waals surface area contributed by atoms with Crippen LogP contribution < -0.4 is 10.6 Å². The van der Waals surface area contributed by atoms with Crippen LogP contribution in [0.5, 0.6) is 0 Å². The topological polar surface area (TPSA) is 138 Å². The third-order valence-corrected chi connectivity index (χ3v) is 8.67. The maximum Gasteiger partial charge on any atom is 0.271 e. The highest BCUT2D eigenvalue weighted by Gasteiger charge is 2.35. The van der Waals surface area contributed by atoms with Crippen molar-refractivity contribution in [2.75, 3.05) is 13.1 Å². The number of rotatable bonds is 9. The molecule has 3 aromatic rings. The lowest BCUT2D eigenvalue weighted by atomic mass is 9.95. The zero-order valence-corrected chi connectivity index (χ0v) is 23.1. The smallest absolute Gasteiger partial charge is 0.271 e. The first kappa shape index (κ1) is 27.9. The van der Waals surface area contributed by atoms with Crippen molar-refractivity contribution in [3.63, 3.8) is 0 Å². The molecule has 0 saturated carbocycles. The first-order valence-corrected chi connectivity index (χ1v) is 14.5. The van der Waals surface area contributed by atoms with Crippen molar-refractivity contribution in [3.8, 4) is 0 Å². The molecule has 0 radical (unpaired) electrons. The molecular weight excluding hydrogens is 530 g/mol. The first-order chi connectivity index (χ1) is 19.3. The van der Waals surface area contributed by atoms with Gasteiger partial charge in [-0.1, -0.05) is 30.3 Å². The minimum absolute atomic E-state index is 0.00281. The number of carbonyl (C=O) groups excluding carboxylic acids is 2. The fourth-order valence-electron chi connectivity index (χ4n) is 5.59. The lowest BCUT2D eigenvalue weighted by molar-refractivity contribution is -0.384. The maximum absolute atomic E-state index is 13.6. The molecule has 2 aliphatic rings. The van der Waals surface area contributed by atoms with Gasteiger partial charge in [0.15, 0.2) is 0 Å². The van der Waals surface area contributed by atoms with Crippen molar-refractivity contribution in [1.29, 1.82) is 0 Å². The highest BCUT2D eigenvalue weighted by atomic mass is 32.1. The fourth-order valence-corrected chi connectivity index (χ4v) is 6.53. The van der Waals surface area contributed by atoms with Crippen LogP contribution in [0.4, 0.5) is 5.69 Å². The van der Waals surface area contributed by atoms with E-state index in [0.29, 0.717) is 13.0 Å². The Morgan fingerprint density at radius 2 is 1.98 bits per heavy atom. The molecule has 10 nitrogen and oxygen atoms in total. The molecule has 0 spiro atoms. The molecule has 0 aliphatic carbocycles. The van der Waals surface area contributed by atoms with Gasteiger partial charge in [0.05, 0.1) is 23.1 Å². The van der Waals surface area contributed by atoms with Gasteiger partial charge in [0.2, 0.25) is 0 Å². The number of aryl methyl sites for hydroxylation is 1. The van der Waals surface area contributed by atoms with Gasteiger partial charge in [-0.3, -0.25) is 19.7 Å². The van der Waals surface area contributed by atoms with E-state index in [-0.39, 0.29) is 34.8 Å². The predicted octanol–water partition coefficient (Wildman–Crippen LogP) is 3.79. The van der Waals surface area contributed by atoms with Crippen LogP contribution in [0.2, 0.25) is 0 Å². The van der Waals surface area contributed by atoms with Crippen molar-refractivity contribution in [2.45, 2.75) is 63.3 Å². The third kappa shape index (κ3) is 6.22. The van der Waals surface area contributed by atoms with Crippen molar-refractivity contribution < 1.29 is 19.6 Å². The summed E-state index contributed by atoms with van der Waals surface area (Å²) >= 11 is 1.49. The van der Waals surface area contributed by atoms with Crippen molar-refractivity contribution in [3.05, 3.63) is 91.4 Å². The number of hydrogen-bond donors (Lipinski definition) is 3. The number of hydrogen-bond acceptors (Lipinski definition) is 8. The number of aromatic nitrogens is 1. The Morgan fingerprint density at radius 1 is 1.20 bits per heavy atom. The van der Waals surface area contributed by atoms with Gasteiger partial charge in [-0.15, -0.1) is 11.3 Å². The lowest BCUT2D eigenvalue weighted by Crippen LogP contribution is -2.52. The normalized spacial score (nSPS) is 20.3. The Bertz CT molecular complexity index is 1370. The molecule has 11 heteroatoms. The van der Waals surface area contributed by atoms with Crippen LogP contribution >= 0.6 is 11.3 Å². The molecule has 210 valence electrons. The molecule has 3 heterocycles. The zero-order valence-electron chi connectivity index (χ0n) is 22.3. The monoisotopic (exact) mass is 563 g/mol. The van der Waals surface area contributed by atoms with Gasteiger partial charge in [0.1, 0.15) is 5.01 Å². The number of aliphatic hydroxyl groups excluding tert-OH is 1. The van der Waals surface area contributed by atoms with E-state index in [1.807, 2.05) is 42.6 Å². The molecule has 40 heavy (non-hydrogen) atoms. The number of nitro groups is 1. The highest BCUT2D eigenvalue weighted by molar-refractivity contribution is 7.09. The molecule has 4 atom stereocenters. The van der Waals surface area contributed by atoms with E-state index >= 15 is 0 Å². The summed E-state index contributed by atoms with van der Waals surface area (Å²) in [5.41, 5.74) is 1.57. The van der Waals surface area contributed by atoms with Gasteiger partial charge >= 0.3 is 0 Å². The summed E-state index contributed by atoms with van der Waals surface area (Å²) in [4.78, 5) is 44.6. The summed E-state index contributed by atoms with van der Waals surface area (Å²) in [5.74, 6) is -0.951. The van der Waals surface area contributed by atoms with E-state index in [2.05, 4.69) is 15.6 Å². The Hall–Kier alpha value is -3.67. The van der Waals surface area contributed by atoms with Crippen molar-refractivity contribution in [1.82, 2.24) is 20.5 Å². The molecule has 1 aromatic heterocycles. The summed E-state index contributed by atoms with van der Waals surface area (Å²) in [7, 11) is 0. The number of nitro benzene ring substituents is 1. The minimum atomic E-state index is -0.862. The van der Waals surface area contributed by atoms with E-state index in [0.717, 1.165) is 48.5 Å². The Morgan fingerprint density at radius 3 is 2.65 bits per heavy atom. The second kappa shape index (κ2) is 12.2. The molecule has 2 amide bonds. The number of thiazole rings is 1. The molecule has 5 rings (SSSR count). The summed E-state index contributed by atoms with van der Waals surface area (Å²) in [6.45, 7) is 3.20. The number of aliphatic hydroxyl groups is 1. The van der Waals surface area contributed by atoms with Crippen LogP contribution in [0, 0.1) is 17.0 Å². The van der Waals surface area contributed by atoms with Crippen LogP contribution in [0.25, 0.3) is 0 Å². The molecule has 3 N–H and O–H groups in total. The standard InChI is InChI=1S/C29H33N5O5S/c1-18-17-40-28(31-18)25-10-6-12-33(25)29(37)21-14-20(15-22(16-21)34(38)39)27(36)32-24(13-19-7-3-2-4-8-19)26(35)23-9-5-11-30-23/h2-4,7-8,14-17,23-26,30,35H,5-6,9-13H2,1H3,(H,32,36)/t23-,24+,25-,26+/m1/s1. The van der Waals surface area contributed by atoms with E-state index in [1.165, 1.54) is 29.5 Å². The summed E-state index contributed by atoms with van der Waals surface area (Å²) in [6.07, 6.45) is 2.80. The Labute approximate surface area is 236 Å². The quantitative estimate of drug-likeness (QED) is 0.266. The van der Waals surface area contributed by atoms with Gasteiger partial charge in [0, 0.05) is 46.9 Å². The van der Waals surface area contributed by atoms with Gasteiger partial charge in [-0.05, 0) is 57.2 Å². The third-order valence-electron chi connectivity index (χ3n) is 7.61. The number of benzene rings is 2. The van der Waals surface area contributed by atoms with Gasteiger partial charge < -0.3 is 20.6 Å². The molecule has 2 fully saturated rings. The van der Waals surface area contributed by atoms with E-state index in [1.54, 1.807) is 4.90 Å². The average Bonchev–Trinajstić information content (AvgIpc) is 3.74. The number of amides is 2. The maximum atomic E-state index is 13.6. The van der Waals surface area contributed by atoms with Crippen LogP contribution in [-0.4, -0.2) is 63.0 Å². The molecule has 0 bridgehead atoms. The zero-order chi connectivity index (χ0) is 28.2. The van der Waals surface area contributed by atoms with Crippen LogP contribution in [0.1, 0.15) is 68.7 Å². The Kier molecular flexibility index (Phi) is 8.53. The van der Waals surface area contributed by atoms with E-state index < -0.39 is 23.0 Å². The molecule has 2 aromatic carbocycles. The van der Waals surface area contributed by atoms with Crippen LogP contribution in [0.3, 0.4) is 0 Å². The second-order valence-electron chi connectivity index (χ2n) is 10.5. The highest BCUT2D eigenvalue weighted by Crippen LogP contribution is 2.35.